The number of ether oxygens (including phenoxy) is 1. The average molecular weight is 305 g/mol. The number of rotatable bonds is 3. The van der Waals surface area contributed by atoms with Gasteiger partial charge in [-0.2, -0.15) is 0 Å². The molecule has 0 spiro atoms. The van der Waals surface area contributed by atoms with E-state index in [2.05, 4.69) is 61.0 Å². The van der Waals surface area contributed by atoms with Crippen molar-refractivity contribution in [2.24, 2.45) is 0 Å². The van der Waals surface area contributed by atoms with E-state index in [1.165, 1.54) is 16.7 Å². The van der Waals surface area contributed by atoms with E-state index in [-0.39, 0.29) is 0 Å². The van der Waals surface area contributed by atoms with Crippen molar-refractivity contribution in [2.45, 2.75) is 27.4 Å². The molecule has 2 heteroatoms. The smallest absolute Gasteiger partial charge is 0.122 e. The molecule has 0 bridgehead atoms. The number of halogens is 1. The number of hydrogen-bond donors (Lipinski definition) is 0. The van der Waals surface area contributed by atoms with E-state index >= 15 is 0 Å². The Kier molecular flexibility index (Phi) is 4.07. The molecule has 0 atom stereocenters. The Morgan fingerprint density at radius 3 is 2.22 bits per heavy atom. The van der Waals surface area contributed by atoms with E-state index in [1.54, 1.807) is 0 Å². The molecule has 0 heterocycles. The van der Waals surface area contributed by atoms with E-state index in [1.807, 2.05) is 12.1 Å². The minimum Gasteiger partial charge on any atom is -0.489 e. The summed E-state index contributed by atoms with van der Waals surface area (Å²) in [5.74, 6) is 0.942. The van der Waals surface area contributed by atoms with Crippen LogP contribution in [0.5, 0.6) is 5.75 Å². The van der Waals surface area contributed by atoms with Crippen LogP contribution >= 0.6 is 15.9 Å². The van der Waals surface area contributed by atoms with Gasteiger partial charge in [0.2, 0.25) is 0 Å². The van der Waals surface area contributed by atoms with Crippen molar-refractivity contribution in [3.05, 3.63) is 63.1 Å². The molecule has 2 aromatic rings. The summed E-state index contributed by atoms with van der Waals surface area (Å²) in [6.45, 7) is 6.90. The Labute approximate surface area is 117 Å². The minimum atomic E-state index is 0.616. The van der Waals surface area contributed by atoms with Crippen LogP contribution in [-0.2, 0) is 6.61 Å². The molecule has 1 nitrogen and oxygen atoms in total. The van der Waals surface area contributed by atoms with Crippen molar-refractivity contribution >= 4 is 15.9 Å². The van der Waals surface area contributed by atoms with Crippen LogP contribution in [-0.4, -0.2) is 0 Å². The highest BCUT2D eigenvalue weighted by molar-refractivity contribution is 9.10. The van der Waals surface area contributed by atoms with E-state index in [0.29, 0.717) is 6.61 Å². The molecule has 0 saturated carbocycles. The quantitative estimate of drug-likeness (QED) is 0.779. The lowest BCUT2D eigenvalue weighted by Crippen LogP contribution is -1.98. The third-order valence-corrected chi connectivity index (χ3v) is 3.31. The van der Waals surface area contributed by atoms with Gasteiger partial charge in [-0.1, -0.05) is 45.3 Å². The van der Waals surface area contributed by atoms with Crippen molar-refractivity contribution in [1.29, 1.82) is 0 Å². The fraction of sp³-hybridized carbons (Fsp3) is 0.250. The summed E-state index contributed by atoms with van der Waals surface area (Å²) in [4.78, 5) is 0. The maximum atomic E-state index is 5.87. The van der Waals surface area contributed by atoms with Gasteiger partial charge >= 0.3 is 0 Å². The molecule has 0 aromatic heterocycles. The number of benzene rings is 2. The van der Waals surface area contributed by atoms with Gasteiger partial charge in [-0.05, 0) is 50.1 Å². The van der Waals surface area contributed by atoms with Crippen LogP contribution in [0.3, 0.4) is 0 Å². The second-order valence-corrected chi connectivity index (χ2v) is 5.61. The summed E-state index contributed by atoms with van der Waals surface area (Å²) in [6.07, 6.45) is 0. The Morgan fingerprint density at radius 1 is 0.944 bits per heavy atom. The zero-order valence-corrected chi connectivity index (χ0v) is 12.5. The topological polar surface area (TPSA) is 9.23 Å². The van der Waals surface area contributed by atoms with Gasteiger partial charge in [0.05, 0.1) is 0 Å². The zero-order chi connectivity index (χ0) is 13.1. The summed E-state index contributed by atoms with van der Waals surface area (Å²) < 4.78 is 6.95. The molecular formula is C16H17BrO. The summed E-state index contributed by atoms with van der Waals surface area (Å²) in [6, 6.07) is 12.6. The molecule has 0 radical (unpaired) electrons. The lowest BCUT2D eigenvalue weighted by molar-refractivity contribution is 0.304. The Hall–Kier alpha value is -1.28. The fourth-order valence-corrected chi connectivity index (χ4v) is 2.56. The maximum Gasteiger partial charge on any atom is 0.122 e. The molecule has 18 heavy (non-hydrogen) atoms. The minimum absolute atomic E-state index is 0.616. The molecule has 0 aliphatic rings. The van der Waals surface area contributed by atoms with Crippen LogP contribution in [0.25, 0.3) is 0 Å². The molecule has 94 valence electrons. The van der Waals surface area contributed by atoms with Gasteiger partial charge in [0, 0.05) is 4.47 Å². The van der Waals surface area contributed by atoms with Gasteiger partial charge < -0.3 is 4.74 Å². The van der Waals surface area contributed by atoms with Crippen molar-refractivity contribution < 1.29 is 4.74 Å². The average Bonchev–Trinajstić information content (AvgIpc) is 2.26. The summed E-state index contributed by atoms with van der Waals surface area (Å²) in [5, 5.41) is 0. The van der Waals surface area contributed by atoms with Crippen LogP contribution in [0.1, 0.15) is 22.3 Å². The Morgan fingerprint density at radius 2 is 1.61 bits per heavy atom. The van der Waals surface area contributed by atoms with Crippen LogP contribution < -0.4 is 4.74 Å². The molecule has 0 aliphatic heterocycles. The largest absolute Gasteiger partial charge is 0.489 e. The molecule has 0 unspecified atom stereocenters. The van der Waals surface area contributed by atoms with Gasteiger partial charge in [0.1, 0.15) is 12.4 Å². The van der Waals surface area contributed by atoms with E-state index in [0.717, 1.165) is 15.8 Å². The zero-order valence-electron chi connectivity index (χ0n) is 11.0. The Bertz CT molecular complexity index is 541. The van der Waals surface area contributed by atoms with Crippen LogP contribution in [0, 0.1) is 20.8 Å². The highest BCUT2D eigenvalue weighted by atomic mass is 79.9. The summed E-state index contributed by atoms with van der Waals surface area (Å²) in [7, 11) is 0. The van der Waals surface area contributed by atoms with Gasteiger partial charge in [-0.3, -0.25) is 0 Å². The fourth-order valence-electron chi connectivity index (χ4n) is 2.09. The molecule has 0 fully saturated rings. The van der Waals surface area contributed by atoms with Gasteiger partial charge in [0.15, 0.2) is 0 Å². The first-order chi connectivity index (χ1) is 8.54. The molecule has 2 aromatic carbocycles. The van der Waals surface area contributed by atoms with Crippen molar-refractivity contribution in [3.63, 3.8) is 0 Å². The van der Waals surface area contributed by atoms with Crippen LogP contribution in [0.2, 0.25) is 0 Å². The van der Waals surface area contributed by atoms with E-state index in [4.69, 9.17) is 4.74 Å². The second kappa shape index (κ2) is 5.57. The third-order valence-electron chi connectivity index (χ3n) is 2.81. The highest BCUT2D eigenvalue weighted by Gasteiger charge is 2.02. The van der Waals surface area contributed by atoms with Crippen molar-refractivity contribution in [3.8, 4) is 5.75 Å². The standard InChI is InChI=1S/C16H17BrO/c1-11-6-12(2)8-14(7-11)10-18-16-5-4-15(17)9-13(16)3/h4-9H,10H2,1-3H3. The summed E-state index contributed by atoms with van der Waals surface area (Å²) >= 11 is 3.46. The highest BCUT2D eigenvalue weighted by Crippen LogP contribution is 2.23. The first-order valence-electron chi connectivity index (χ1n) is 6.01. The van der Waals surface area contributed by atoms with Gasteiger partial charge in [-0.25, -0.2) is 0 Å². The predicted molar refractivity (Wildman–Crippen MR) is 79.1 cm³/mol. The number of hydrogen-bond acceptors (Lipinski definition) is 1. The van der Waals surface area contributed by atoms with E-state index < -0.39 is 0 Å². The molecule has 2 rings (SSSR count). The van der Waals surface area contributed by atoms with Crippen LogP contribution in [0.15, 0.2) is 40.9 Å². The first-order valence-corrected chi connectivity index (χ1v) is 6.80. The lowest BCUT2D eigenvalue weighted by Gasteiger charge is -2.10. The SMILES string of the molecule is Cc1cc(C)cc(COc2ccc(Br)cc2C)c1. The molecule has 0 saturated heterocycles. The maximum absolute atomic E-state index is 5.87. The van der Waals surface area contributed by atoms with Crippen molar-refractivity contribution in [1.82, 2.24) is 0 Å². The molecule has 0 amide bonds. The molecule has 0 N–H and O–H groups in total. The number of aryl methyl sites for hydroxylation is 3. The third kappa shape index (κ3) is 3.36. The molecule has 0 aliphatic carbocycles. The second-order valence-electron chi connectivity index (χ2n) is 4.69. The van der Waals surface area contributed by atoms with E-state index in [9.17, 15) is 0 Å². The first kappa shape index (κ1) is 13.2. The monoisotopic (exact) mass is 304 g/mol. The molecular weight excluding hydrogens is 288 g/mol. The Balaban J connectivity index is 2.11. The lowest BCUT2D eigenvalue weighted by atomic mass is 10.1. The summed E-state index contributed by atoms with van der Waals surface area (Å²) in [5.41, 5.74) is 4.92. The predicted octanol–water partition coefficient (Wildman–Crippen LogP) is 4.95. The normalized spacial score (nSPS) is 10.4. The van der Waals surface area contributed by atoms with Crippen LogP contribution in [0.4, 0.5) is 0 Å². The van der Waals surface area contributed by atoms with Gasteiger partial charge in [-0.15, -0.1) is 0 Å². The van der Waals surface area contributed by atoms with Gasteiger partial charge in [0.25, 0.3) is 0 Å². The van der Waals surface area contributed by atoms with Crippen molar-refractivity contribution in [2.75, 3.05) is 0 Å².